The second kappa shape index (κ2) is 11.7. The van der Waals surface area contributed by atoms with Crippen molar-refractivity contribution in [1.29, 1.82) is 0 Å². The van der Waals surface area contributed by atoms with Gasteiger partial charge in [-0.05, 0) is 70.7 Å². The number of hydrogen-bond acceptors (Lipinski definition) is 6. The molecule has 2 unspecified atom stereocenters. The molecule has 230 valence electrons. The molecule has 0 spiro atoms. The summed E-state index contributed by atoms with van der Waals surface area (Å²) in [6.07, 6.45) is -5.60. The summed E-state index contributed by atoms with van der Waals surface area (Å²) in [7, 11) is 0. The quantitative estimate of drug-likeness (QED) is 0.362. The van der Waals surface area contributed by atoms with Crippen molar-refractivity contribution in [3.8, 4) is 11.5 Å². The van der Waals surface area contributed by atoms with Gasteiger partial charge in [-0.3, -0.25) is 9.59 Å². The van der Waals surface area contributed by atoms with Crippen LogP contribution >= 0.6 is 11.6 Å². The molecule has 0 radical (unpaired) electrons. The first-order valence-corrected chi connectivity index (χ1v) is 13.5. The van der Waals surface area contributed by atoms with Crippen LogP contribution in [0.25, 0.3) is 0 Å². The maximum Gasteiger partial charge on any atom is 0.573 e. The predicted octanol–water partition coefficient (Wildman–Crippen LogP) is 5.79. The number of anilines is 1. The number of hydrogen-bond donors (Lipinski definition) is 2. The number of piperidine rings is 1. The van der Waals surface area contributed by atoms with Gasteiger partial charge >= 0.3 is 12.5 Å². The minimum absolute atomic E-state index is 0.00133. The van der Waals surface area contributed by atoms with Crippen molar-refractivity contribution in [1.82, 2.24) is 15.6 Å². The van der Waals surface area contributed by atoms with Crippen molar-refractivity contribution >= 4 is 29.2 Å². The number of amides is 2. The van der Waals surface area contributed by atoms with Crippen LogP contribution in [0.1, 0.15) is 56.8 Å². The van der Waals surface area contributed by atoms with Gasteiger partial charge in [-0.15, -0.1) is 13.2 Å². The van der Waals surface area contributed by atoms with Gasteiger partial charge in [-0.1, -0.05) is 11.6 Å². The third-order valence-electron chi connectivity index (χ3n) is 7.22. The Morgan fingerprint density at radius 3 is 2.19 bits per heavy atom. The Morgan fingerprint density at radius 2 is 1.64 bits per heavy atom. The molecule has 15 heteroatoms. The van der Waals surface area contributed by atoms with E-state index < -0.39 is 41.7 Å². The number of nitrogens with one attached hydrogen (secondary N) is 2. The molecule has 1 aromatic heterocycles. The number of rotatable bonds is 8. The SMILES string of the molecule is C[C@H](NC(=O)c1ccc(N2C3CCC2CC(NC(=O)C(C)(C)Oc2ccc(Cl)cc2OC(F)(F)F)C3)nc1)C(F)(F)F. The summed E-state index contributed by atoms with van der Waals surface area (Å²) in [6, 6.07) is 4.19. The topological polar surface area (TPSA) is 92.8 Å². The number of alkyl halides is 6. The number of nitrogens with zero attached hydrogens (tertiary/aromatic N) is 2. The average Bonchev–Trinajstić information content (AvgIpc) is 3.14. The van der Waals surface area contributed by atoms with Crippen LogP contribution in [0.3, 0.4) is 0 Å². The molecule has 1 aromatic carbocycles. The number of pyridine rings is 1. The zero-order chi connectivity index (χ0) is 31.0. The largest absolute Gasteiger partial charge is 0.573 e. The van der Waals surface area contributed by atoms with E-state index >= 15 is 0 Å². The van der Waals surface area contributed by atoms with E-state index in [-0.39, 0.29) is 34.5 Å². The van der Waals surface area contributed by atoms with Gasteiger partial charge in [0.15, 0.2) is 17.1 Å². The van der Waals surface area contributed by atoms with E-state index in [1.807, 2.05) is 5.32 Å². The van der Waals surface area contributed by atoms with E-state index in [0.717, 1.165) is 25.8 Å². The Bertz CT molecular complexity index is 1290. The highest BCUT2D eigenvalue weighted by Crippen LogP contribution is 2.40. The number of fused-ring (bicyclic) bond motifs is 2. The second-order valence-corrected chi connectivity index (χ2v) is 11.3. The standard InChI is InChI=1S/C27H29ClF6N4O4/c1-14(26(29,30)31)36-23(39)15-4-9-22(35-13-15)38-18-6-7-19(38)12-17(11-18)37-24(40)25(2,3)41-20-8-5-16(28)10-21(20)42-27(32,33)34/h4-5,8-10,13-14,17-19H,6-7,11-12H2,1-3H3,(H,36,39)(H,37,40)/t14-,17?,18?,19?/m0/s1. The van der Waals surface area contributed by atoms with E-state index in [0.29, 0.717) is 18.7 Å². The van der Waals surface area contributed by atoms with Gasteiger partial charge in [-0.2, -0.15) is 13.2 Å². The van der Waals surface area contributed by atoms with Gasteiger partial charge < -0.3 is 25.0 Å². The highest BCUT2D eigenvalue weighted by atomic mass is 35.5. The Hall–Kier alpha value is -3.42. The molecular formula is C27H29ClF6N4O4. The van der Waals surface area contributed by atoms with Gasteiger partial charge in [0.05, 0.1) is 5.56 Å². The molecule has 0 aliphatic carbocycles. The van der Waals surface area contributed by atoms with Crippen molar-refractivity contribution in [2.45, 2.75) is 88.8 Å². The summed E-state index contributed by atoms with van der Waals surface area (Å²) in [5.41, 5.74) is -1.56. The monoisotopic (exact) mass is 622 g/mol. The van der Waals surface area contributed by atoms with Crippen LogP contribution < -0.4 is 25.0 Å². The molecule has 3 heterocycles. The van der Waals surface area contributed by atoms with E-state index in [1.165, 1.54) is 38.2 Å². The summed E-state index contributed by atoms with van der Waals surface area (Å²) in [5, 5.41) is 4.84. The first-order chi connectivity index (χ1) is 19.4. The van der Waals surface area contributed by atoms with Crippen molar-refractivity contribution < 1.29 is 45.4 Å². The van der Waals surface area contributed by atoms with E-state index in [2.05, 4.69) is 19.9 Å². The van der Waals surface area contributed by atoms with E-state index in [1.54, 1.807) is 6.07 Å². The van der Waals surface area contributed by atoms with Crippen LogP contribution in [0.5, 0.6) is 11.5 Å². The van der Waals surface area contributed by atoms with Crippen LogP contribution in [0.15, 0.2) is 36.5 Å². The number of benzene rings is 1. The highest BCUT2D eigenvalue weighted by Gasteiger charge is 2.44. The lowest BCUT2D eigenvalue weighted by Gasteiger charge is -2.40. The van der Waals surface area contributed by atoms with E-state index in [9.17, 15) is 35.9 Å². The Morgan fingerprint density at radius 1 is 1.00 bits per heavy atom. The molecular weight excluding hydrogens is 594 g/mol. The summed E-state index contributed by atoms with van der Waals surface area (Å²) in [4.78, 5) is 31.8. The van der Waals surface area contributed by atoms with Crippen molar-refractivity contribution in [3.63, 3.8) is 0 Å². The molecule has 2 saturated heterocycles. The fraction of sp³-hybridized carbons (Fsp3) is 0.519. The highest BCUT2D eigenvalue weighted by molar-refractivity contribution is 6.30. The number of ether oxygens (including phenoxy) is 2. The number of carbonyl (C=O) groups excluding carboxylic acids is 2. The first-order valence-electron chi connectivity index (χ1n) is 13.1. The summed E-state index contributed by atoms with van der Waals surface area (Å²) in [5.74, 6) is -1.83. The summed E-state index contributed by atoms with van der Waals surface area (Å²) < 4.78 is 86.6. The molecule has 2 amide bonds. The fourth-order valence-corrected chi connectivity index (χ4v) is 5.32. The number of aromatic nitrogens is 1. The zero-order valence-electron chi connectivity index (χ0n) is 22.8. The lowest BCUT2D eigenvalue weighted by Crippen LogP contribution is -2.55. The van der Waals surface area contributed by atoms with Gasteiger partial charge in [0.2, 0.25) is 0 Å². The molecule has 8 nitrogen and oxygen atoms in total. The molecule has 42 heavy (non-hydrogen) atoms. The molecule has 2 aliphatic rings. The molecule has 2 fully saturated rings. The smallest absolute Gasteiger partial charge is 0.474 e. The van der Waals surface area contributed by atoms with Crippen LogP contribution in [0.2, 0.25) is 5.02 Å². The number of halogens is 7. The third-order valence-corrected chi connectivity index (χ3v) is 7.46. The van der Waals surface area contributed by atoms with Crippen molar-refractivity contribution in [2.75, 3.05) is 4.90 Å². The molecule has 2 aromatic rings. The van der Waals surface area contributed by atoms with Crippen LogP contribution in [-0.2, 0) is 4.79 Å². The first kappa shape index (κ1) is 31.5. The maximum absolute atomic E-state index is 13.2. The summed E-state index contributed by atoms with van der Waals surface area (Å²) >= 11 is 5.81. The zero-order valence-corrected chi connectivity index (χ0v) is 23.5. The molecule has 4 rings (SSSR count). The molecule has 2 bridgehead atoms. The molecule has 0 saturated carbocycles. The van der Waals surface area contributed by atoms with Gasteiger partial charge in [0.25, 0.3) is 11.8 Å². The minimum atomic E-state index is -4.99. The normalized spacial score (nSPS) is 21.5. The third kappa shape index (κ3) is 7.50. The van der Waals surface area contributed by atoms with Crippen LogP contribution in [0, 0.1) is 0 Å². The maximum atomic E-state index is 13.2. The Kier molecular flexibility index (Phi) is 8.77. The second-order valence-electron chi connectivity index (χ2n) is 10.8. The molecule has 2 N–H and O–H groups in total. The van der Waals surface area contributed by atoms with Crippen molar-refractivity contribution in [2.24, 2.45) is 0 Å². The minimum Gasteiger partial charge on any atom is -0.474 e. The van der Waals surface area contributed by atoms with Crippen LogP contribution in [-0.4, -0.2) is 59.1 Å². The lowest BCUT2D eigenvalue weighted by molar-refractivity contribution is -0.275. The van der Waals surface area contributed by atoms with Gasteiger partial charge in [-0.25, -0.2) is 4.98 Å². The van der Waals surface area contributed by atoms with Crippen LogP contribution in [0.4, 0.5) is 32.2 Å². The molecule has 2 aliphatic heterocycles. The average molecular weight is 623 g/mol. The fourth-order valence-electron chi connectivity index (χ4n) is 5.15. The summed E-state index contributed by atoms with van der Waals surface area (Å²) in [6.45, 7) is 3.70. The molecule has 3 atom stereocenters. The van der Waals surface area contributed by atoms with E-state index in [4.69, 9.17) is 16.3 Å². The van der Waals surface area contributed by atoms with Gasteiger partial charge in [0, 0.05) is 35.4 Å². The number of carbonyl (C=O) groups is 2. The van der Waals surface area contributed by atoms with Gasteiger partial charge in [0.1, 0.15) is 11.9 Å². The van der Waals surface area contributed by atoms with Crippen molar-refractivity contribution in [3.05, 3.63) is 47.1 Å². The Balaban J connectivity index is 1.38. The lowest BCUT2D eigenvalue weighted by atomic mass is 9.96. The Labute approximate surface area is 242 Å². The predicted molar refractivity (Wildman–Crippen MR) is 141 cm³/mol.